The minimum absolute atomic E-state index is 0.639. The van der Waals surface area contributed by atoms with E-state index in [1.165, 1.54) is 57.8 Å². The molecule has 94 valence electrons. The molecule has 0 unspecified atom stereocenters. The van der Waals surface area contributed by atoms with Gasteiger partial charge in [-0.15, -0.1) is 0 Å². The van der Waals surface area contributed by atoms with E-state index in [2.05, 4.69) is 17.6 Å². The van der Waals surface area contributed by atoms with Gasteiger partial charge in [-0.3, -0.25) is 0 Å². The van der Waals surface area contributed by atoms with Gasteiger partial charge in [-0.05, 0) is 31.5 Å². The van der Waals surface area contributed by atoms with Gasteiger partial charge in [-0.1, -0.05) is 45.4 Å². The number of rotatable bonds is 7. The van der Waals surface area contributed by atoms with E-state index in [1.54, 1.807) is 0 Å². The second-order valence-electron chi connectivity index (χ2n) is 4.80. The molecule has 3 heteroatoms. The third-order valence-electron chi connectivity index (χ3n) is 3.26. The van der Waals surface area contributed by atoms with Crippen molar-refractivity contribution < 1.29 is 0 Å². The first kappa shape index (κ1) is 13.8. The quantitative estimate of drug-likeness (QED) is 0.529. The molecule has 2 N–H and O–H groups in total. The molecule has 0 amide bonds. The number of thiocarbonyl (C=S) groups is 1. The predicted molar refractivity (Wildman–Crippen MR) is 74.8 cm³/mol. The van der Waals surface area contributed by atoms with Crippen LogP contribution in [0.25, 0.3) is 0 Å². The Morgan fingerprint density at radius 1 is 1.12 bits per heavy atom. The molecule has 1 saturated carbocycles. The highest BCUT2D eigenvalue weighted by atomic mass is 32.1. The maximum atomic E-state index is 5.27. The van der Waals surface area contributed by atoms with Crippen LogP contribution in [0, 0.1) is 0 Å². The van der Waals surface area contributed by atoms with Crippen LogP contribution >= 0.6 is 12.2 Å². The summed E-state index contributed by atoms with van der Waals surface area (Å²) < 4.78 is 0. The van der Waals surface area contributed by atoms with Crippen molar-refractivity contribution in [1.82, 2.24) is 10.6 Å². The second-order valence-corrected chi connectivity index (χ2v) is 5.20. The first-order chi connectivity index (χ1) is 7.83. The Kier molecular flexibility index (Phi) is 7.56. The highest BCUT2D eigenvalue weighted by Gasteiger charge is 2.14. The van der Waals surface area contributed by atoms with E-state index in [9.17, 15) is 0 Å². The lowest BCUT2D eigenvalue weighted by Crippen LogP contribution is -2.40. The average molecular weight is 242 g/mol. The molecule has 16 heavy (non-hydrogen) atoms. The molecule has 0 aromatic rings. The van der Waals surface area contributed by atoms with Crippen molar-refractivity contribution in [3.05, 3.63) is 0 Å². The van der Waals surface area contributed by atoms with E-state index in [1.807, 2.05) is 0 Å². The van der Waals surface area contributed by atoms with Crippen molar-refractivity contribution in [2.75, 3.05) is 6.54 Å². The summed E-state index contributed by atoms with van der Waals surface area (Å²) in [6.07, 6.45) is 11.9. The minimum atomic E-state index is 0.639. The molecule has 0 bridgehead atoms. The third kappa shape index (κ3) is 6.31. The summed E-state index contributed by atoms with van der Waals surface area (Å²) in [4.78, 5) is 0. The first-order valence-corrected chi connectivity index (χ1v) is 7.28. The van der Waals surface area contributed by atoms with Gasteiger partial charge >= 0.3 is 0 Å². The van der Waals surface area contributed by atoms with Gasteiger partial charge in [0.25, 0.3) is 0 Å². The molecular formula is C13H26N2S. The molecule has 1 aliphatic rings. The Hall–Kier alpha value is -0.310. The first-order valence-electron chi connectivity index (χ1n) is 6.87. The van der Waals surface area contributed by atoms with E-state index < -0.39 is 0 Å². The van der Waals surface area contributed by atoms with Crippen LogP contribution in [0.4, 0.5) is 0 Å². The van der Waals surface area contributed by atoms with Crippen molar-refractivity contribution >= 4 is 17.3 Å². The average Bonchev–Trinajstić information content (AvgIpc) is 2.76. The molecule has 0 saturated heterocycles. The molecule has 2 nitrogen and oxygen atoms in total. The van der Waals surface area contributed by atoms with E-state index in [0.29, 0.717) is 6.04 Å². The highest BCUT2D eigenvalue weighted by molar-refractivity contribution is 7.80. The van der Waals surface area contributed by atoms with Crippen LogP contribution in [0.3, 0.4) is 0 Å². The number of hydrogen-bond acceptors (Lipinski definition) is 1. The summed E-state index contributed by atoms with van der Waals surface area (Å²) in [6.45, 7) is 3.28. The van der Waals surface area contributed by atoms with Gasteiger partial charge < -0.3 is 10.6 Å². The lowest BCUT2D eigenvalue weighted by atomic mass is 10.1. The molecule has 0 aromatic carbocycles. The lowest BCUT2D eigenvalue weighted by Gasteiger charge is -2.15. The predicted octanol–water partition coefficient (Wildman–Crippen LogP) is 3.36. The van der Waals surface area contributed by atoms with Gasteiger partial charge in [0.15, 0.2) is 5.11 Å². The molecular weight excluding hydrogens is 216 g/mol. The summed E-state index contributed by atoms with van der Waals surface area (Å²) in [5.74, 6) is 0. The molecule has 0 aromatic heterocycles. The zero-order chi connectivity index (χ0) is 11.6. The van der Waals surface area contributed by atoms with Crippen LogP contribution in [0.5, 0.6) is 0 Å². The van der Waals surface area contributed by atoms with Crippen molar-refractivity contribution in [2.45, 2.75) is 70.8 Å². The summed E-state index contributed by atoms with van der Waals surface area (Å²) in [7, 11) is 0. The normalized spacial score (nSPS) is 16.3. The van der Waals surface area contributed by atoms with Crippen molar-refractivity contribution in [1.29, 1.82) is 0 Å². The monoisotopic (exact) mass is 242 g/mol. The Balaban J connectivity index is 1.89. The van der Waals surface area contributed by atoms with Gasteiger partial charge in [-0.2, -0.15) is 0 Å². The highest BCUT2D eigenvalue weighted by Crippen LogP contribution is 2.17. The van der Waals surface area contributed by atoms with Crippen LogP contribution in [-0.2, 0) is 0 Å². The Morgan fingerprint density at radius 2 is 1.81 bits per heavy atom. The van der Waals surface area contributed by atoms with Gasteiger partial charge in [0.05, 0.1) is 0 Å². The molecule has 1 rings (SSSR count). The maximum absolute atomic E-state index is 5.27. The van der Waals surface area contributed by atoms with Gasteiger partial charge in [0.1, 0.15) is 0 Å². The van der Waals surface area contributed by atoms with Crippen molar-refractivity contribution in [2.24, 2.45) is 0 Å². The van der Waals surface area contributed by atoms with E-state index >= 15 is 0 Å². The maximum Gasteiger partial charge on any atom is 0.166 e. The molecule has 0 radical (unpaired) electrons. The smallest absolute Gasteiger partial charge is 0.166 e. The molecule has 0 atom stereocenters. The van der Waals surface area contributed by atoms with Gasteiger partial charge in [0, 0.05) is 12.6 Å². The number of hydrogen-bond donors (Lipinski definition) is 2. The van der Waals surface area contributed by atoms with Crippen LogP contribution < -0.4 is 10.6 Å². The summed E-state index contributed by atoms with van der Waals surface area (Å²) >= 11 is 5.27. The molecule has 0 aliphatic heterocycles. The van der Waals surface area contributed by atoms with E-state index in [4.69, 9.17) is 12.2 Å². The third-order valence-corrected chi connectivity index (χ3v) is 3.52. The van der Waals surface area contributed by atoms with Gasteiger partial charge in [-0.25, -0.2) is 0 Å². The lowest BCUT2D eigenvalue weighted by molar-refractivity contribution is 0.601. The zero-order valence-electron chi connectivity index (χ0n) is 10.6. The van der Waals surface area contributed by atoms with E-state index in [0.717, 1.165) is 11.7 Å². The summed E-state index contributed by atoms with van der Waals surface area (Å²) in [5.41, 5.74) is 0. The van der Waals surface area contributed by atoms with Crippen molar-refractivity contribution in [3.8, 4) is 0 Å². The minimum Gasteiger partial charge on any atom is -0.363 e. The van der Waals surface area contributed by atoms with E-state index in [-0.39, 0.29) is 0 Å². The summed E-state index contributed by atoms with van der Waals surface area (Å²) in [5, 5.41) is 7.57. The summed E-state index contributed by atoms with van der Waals surface area (Å²) in [6, 6.07) is 0.639. The Bertz CT molecular complexity index is 188. The molecule has 0 spiro atoms. The fourth-order valence-corrected chi connectivity index (χ4v) is 2.51. The topological polar surface area (TPSA) is 24.1 Å². The van der Waals surface area contributed by atoms with Crippen molar-refractivity contribution in [3.63, 3.8) is 0 Å². The molecule has 0 heterocycles. The fraction of sp³-hybridized carbons (Fsp3) is 0.923. The standard InChI is InChI=1S/C13H26N2S/c1-2-3-4-5-8-11-14-13(16)15-12-9-6-7-10-12/h12H,2-11H2,1H3,(H2,14,15,16). The van der Waals surface area contributed by atoms with Crippen LogP contribution in [-0.4, -0.2) is 17.7 Å². The largest absolute Gasteiger partial charge is 0.363 e. The second kappa shape index (κ2) is 8.80. The fourth-order valence-electron chi connectivity index (χ4n) is 2.24. The van der Waals surface area contributed by atoms with Crippen LogP contribution in [0.1, 0.15) is 64.7 Å². The van der Waals surface area contributed by atoms with Crippen LogP contribution in [0.2, 0.25) is 0 Å². The molecule has 1 aliphatic carbocycles. The number of nitrogens with one attached hydrogen (secondary N) is 2. The Labute approximate surface area is 106 Å². The molecule has 1 fully saturated rings. The SMILES string of the molecule is CCCCCCCNC(=S)NC1CCCC1. The van der Waals surface area contributed by atoms with Gasteiger partial charge in [0.2, 0.25) is 0 Å². The number of unbranched alkanes of at least 4 members (excludes halogenated alkanes) is 4. The zero-order valence-corrected chi connectivity index (χ0v) is 11.4. The van der Waals surface area contributed by atoms with Crippen LogP contribution in [0.15, 0.2) is 0 Å². The Morgan fingerprint density at radius 3 is 2.50 bits per heavy atom.